The van der Waals surface area contributed by atoms with Crippen molar-refractivity contribution < 1.29 is 9.53 Å². The minimum atomic E-state index is -0.584. The largest absolute Gasteiger partial charge is 0.465 e. The molecule has 1 atom stereocenters. The second-order valence-electron chi connectivity index (χ2n) is 6.58. The summed E-state index contributed by atoms with van der Waals surface area (Å²) in [6, 6.07) is 7.58. The highest BCUT2D eigenvalue weighted by Gasteiger charge is 2.23. The number of carbonyl (C=O) groups excluding carboxylic acids is 1. The summed E-state index contributed by atoms with van der Waals surface area (Å²) < 4.78 is 7.41. The van der Waals surface area contributed by atoms with Crippen molar-refractivity contribution in [3.63, 3.8) is 0 Å². The maximum atomic E-state index is 12.9. The number of thioether (sulfide) groups is 1. The van der Waals surface area contributed by atoms with Gasteiger partial charge in [-0.3, -0.25) is 18.7 Å². The van der Waals surface area contributed by atoms with E-state index >= 15 is 0 Å². The molecule has 3 aromatic rings. The van der Waals surface area contributed by atoms with Gasteiger partial charge in [-0.05, 0) is 26.3 Å². The van der Waals surface area contributed by atoms with Gasteiger partial charge in [0.25, 0.3) is 5.56 Å². The van der Waals surface area contributed by atoms with Gasteiger partial charge in [0.1, 0.15) is 15.7 Å². The standard InChI is InChI=1S/C20H22N4O4S/c1-6-28-19(26)12(3)29-17-14-16(23(4)20(27)24(5)18(14)25)21-15(22-17)13-10-8-7-9-11(13)2/h7-10,12H,6H2,1-5H3/t12-/m1/s1. The number of aromatic nitrogens is 4. The molecule has 0 radical (unpaired) electrons. The summed E-state index contributed by atoms with van der Waals surface area (Å²) >= 11 is 1.12. The fourth-order valence-corrected chi connectivity index (χ4v) is 3.87. The average molecular weight is 414 g/mol. The molecule has 9 heteroatoms. The van der Waals surface area contributed by atoms with Crippen molar-refractivity contribution in [1.29, 1.82) is 0 Å². The van der Waals surface area contributed by atoms with Gasteiger partial charge in [-0.2, -0.15) is 0 Å². The van der Waals surface area contributed by atoms with Gasteiger partial charge in [0, 0.05) is 19.7 Å². The van der Waals surface area contributed by atoms with E-state index in [9.17, 15) is 14.4 Å². The maximum Gasteiger partial charge on any atom is 0.332 e. The Labute approximate surface area is 171 Å². The van der Waals surface area contributed by atoms with E-state index in [1.54, 1.807) is 20.9 Å². The topological polar surface area (TPSA) is 96.1 Å². The molecule has 29 heavy (non-hydrogen) atoms. The quantitative estimate of drug-likeness (QED) is 0.358. The Bertz CT molecular complexity index is 1220. The van der Waals surface area contributed by atoms with Gasteiger partial charge in [0.2, 0.25) is 0 Å². The van der Waals surface area contributed by atoms with Crippen molar-refractivity contribution in [2.45, 2.75) is 31.0 Å². The number of nitrogens with zero attached hydrogens (tertiary/aromatic N) is 4. The number of carbonyl (C=O) groups is 1. The summed E-state index contributed by atoms with van der Waals surface area (Å²) in [5.74, 6) is -0.0132. The van der Waals surface area contributed by atoms with Crippen LogP contribution >= 0.6 is 11.8 Å². The molecule has 0 spiro atoms. The lowest BCUT2D eigenvalue weighted by molar-refractivity contribution is -0.142. The fraction of sp³-hybridized carbons (Fsp3) is 0.350. The van der Waals surface area contributed by atoms with Crippen LogP contribution in [0.4, 0.5) is 0 Å². The fourth-order valence-electron chi connectivity index (χ4n) is 2.93. The van der Waals surface area contributed by atoms with E-state index in [2.05, 4.69) is 9.97 Å². The zero-order valence-electron chi connectivity index (χ0n) is 16.9. The van der Waals surface area contributed by atoms with Crippen LogP contribution in [0.1, 0.15) is 19.4 Å². The van der Waals surface area contributed by atoms with Crippen LogP contribution < -0.4 is 11.2 Å². The number of rotatable bonds is 5. The van der Waals surface area contributed by atoms with Crippen molar-refractivity contribution in [3.05, 3.63) is 50.7 Å². The summed E-state index contributed by atoms with van der Waals surface area (Å²) in [5.41, 5.74) is 0.984. The van der Waals surface area contributed by atoms with E-state index in [-0.39, 0.29) is 17.6 Å². The van der Waals surface area contributed by atoms with Gasteiger partial charge >= 0.3 is 11.7 Å². The molecule has 0 bridgehead atoms. The third-order valence-corrected chi connectivity index (χ3v) is 5.62. The summed E-state index contributed by atoms with van der Waals surface area (Å²) in [7, 11) is 2.96. The molecule has 0 N–H and O–H groups in total. The van der Waals surface area contributed by atoms with Crippen LogP contribution in [0.3, 0.4) is 0 Å². The Morgan fingerprint density at radius 2 is 1.86 bits per heavy atom. The number of hydrogen-bond acceptors (Lipinski definition) is 7. The van der Waals surface area contributed by atoms with E-state index < -0.39 is 22.5 Å². The van der Waals surface area contributed by atoms with Crippen molar-refractivity contribution >= 4 is 28.8 Å². The second-order valence-corrected chi connectivity index (χ2v) is 7.91. The highest BCUT2D eigenvalue weighted by atomic mass is 32.2. The third kappa shape index (κ3) is 3.82. The number of esters is 1. The Balaban J connectivity index is 2.32. The van der Waals surface area contributed by atoms with Gasteiger partial charge in [0.15, 0.2) is 11.5 Å². The number of hydrogen-bond donors (Lipinski definition) is 0. The highest BCUT2D eigenvalue weighted by Crippen LogP contribution is 2.30. The minimum Gasteiger partial charge on any atom is -0.465 e. The van der Waals surface area contributed by atoms with Crippen LogP contribution in [0.25, 0.3) is 22.4 Å². The van der Waals surface area contributed by atoms with Crippen molar-refractivity contribution in [2.24, 2.45) is 14.1 Å². The molecule has 0 aliphatic heterocycles. The molecule has 152 valence electrons. The molecule has 0 saturated carbocycles. The number of aryl methyl sites for hydroxylation is 2. The molecule has 0 saturated heterocycles. The third-order valence-electron chi connectivity index (χ3n) is 4.56. The molecule has 3 rings (SSSR count). The van der Waals surface area contributed by atoms with Gasteiger partial charge in [0.05, 0.1) is 6.61 Å². The zero-order chi connectivity index (χ0) is 21.3. The van der Waals surface area contributed by atoms with E-state index in [0.717, 1.165) is 27.5 Å². The van der Waals surface area contributed by atoms with Gasteiger partial charge < -0.3 is 4.74 Å². The molecular formula is C20H22N4O4S. The normalized spacial score (nSPS) is 12.2. The lowest BCUT2D eigenvalue weighted by atomic mass is 10.1. The lowest BCUT2D eigenvalue weighted by Gasteiger charge is -2.15. The first-order valence-electron chi connectivity index (χ1n) is 9.13. The molecule has 2 aromatic heterocycles. The monoisotopic (exact) mass is 414 g/mol. The average Bonchev–Trinajstić information content (AvgIpc) is 2.70. The zero-order valence-corrected chi connectivity index (χ0v) is 17.7. The van der Waals surface area contributed by atoms with Crippen molar-refractivity contribution in [1.82, 2.24) is 19.1 Å². The van der Waals surface area contributed by atoms with Crippen LogP contribution in [0.15, 0.2) is 38.9 Å². The first-order valence-corrected chi connectivity index (χ1v) is 10.0. The first kappa shape index (κ1) is 20.8. The Hall–Kier alpha value is -2.94. The molecule has 1 aromatic carbocycles. The van der Waals surface area contributed by atoms with Gasteiger partial charge in [-0.1, -0.05) is 36.0 Å². The maximum absolute atomic E-state index is 12.9. The summed E-state index contributed by atoms with van der Waals surface area (Å²) in [5, 5.41) is -0.0437. The Morgan fingerprint density at radius 1 is 1.17 bits per heavy atom. The van der Waals surface area contributed by atoms with Crippen molar-refractivity contribution in [3.8, 4) is 11.4 Å². The molecule has 0 aliphatic carbocycles. The molecule has 0 aliphatic rings. The number of fused-ring (bicyclic) bond motifs is 1. The van der Waals surface area contributed by atoms with Crippen LogP contribution in [-0.4, -0.2) is 36.9 Å². The molecule has 0 fully saturated rings. The smallest absolute Gasteiger partial charge is 0.332 e. The van der Waals surface area contributed by atoms with Gasteiger partial charge in [-0.25, -0.2) is 14.8 Å². The van der Waals surface area contributed by atoms with E-state index in [1.807, 2.05) is 31.2 Å². The Kier molecular flexibility index (Phi) is 5.88. The lowest BCUT2D eigenvalue weighted by Crippen LogP contribution is -2.37. The molecule has 2 heterocycles. The SMILES string of the molecule is CCOC(=O)[C@@H](C)Sc1nc(-c2ccccc2C)nc2c1c(=O)n(C)c(=O)n2C. The van der Waals surface area contributed by atoms with Gasteiger partial charge in [-0.15, -0.1) is 0 Å². The molecule has 0 amide bonds. The highest BCUT2D eigenvalue weighted by molar-refractivity contribution is 8.00. The second kappa shape index (κ2) is 8.20. The predicted octanol–water partition coefficient (Wildman–Crippen LogP) is 2.05. The summed E-state index contributed by atoms with van der Waals surface area (Å²) in [6.07, 6.45) is 0. The van der Waals surface area contributed by atoms with Crippen molar-refractivity contribution in [2.75, 3.05) is 6.61 Å². The van der Waals surface area contributed by atoms with Crippen LogP contribution in [0, 0.1) is 6.92 Å². The predicted molar refractivity (Wildman–Crippen MR) is 112 cm³/mol. The van der Waals surface area contributed by atoms with E-state index in [4.69, 9.17) is 4.74 Å². The van der Waals surface area contributed by atoms with Crippen LogP contribution in [0.2, 0.25) is 0 Å². The summed E-state index contributed by atoms with van der Waals surface area (Å²) in [4.78, 5) is 46.6. The minimum absolute atomic E-state index is 0.202. The summed E-state index contributed by atoms with van der Waals surface area (Å²) in [6.45, 7) is 5.62. The first-order chi connectivity index (χ1) is 13.8. The van der Waals surface area contributed by atoms with Crippen LogP contribution in [-0.2, 0) is 23.6 Å². The van der Waals surface area contributed by atoms with E-state index in [0.29, 0.717) is 10.9 Å². The Morgan fingerprint density at radius 3 is 2.52 bits per heavy atom. The number of ether oxygens (including phenoxy) is 1. The van der Waals surface area contributed by atoms with Crippen LogP contribution in [0.5, 0.6) is 0 Å². The molecule has 8 nitrogen and oxygen atoms in total. The number of benzene rings is 1. The molecular weight excluding hydrogens is 392 g/mol. The van der Waals surface area contributed by atoms with E-state index in [1.165, 1.54) is 11.6 Å². The molecule has 0 unspecified atom stereocenters.